The highest BCUT2D eigenvalue weighted by molar-refractivity contribution is 5.31. The van der Waals surface area contributed by atoms with Crippen LogP contribution in [0.3, 0.4) is 0 Å². The molecule has 0 aliphatic carbocycles. The Morgan fingerprint density at radius 2 is 1.82 bits per heavy atom. The van der Waals surface area contributed by atoms with Gasteiger partial charge in [0.1, 0.15) is 43.8 Å². The third kappa shape index (κ3) is 6.19. The Morgan fingerprint density at radius 1 is 1.14 bits per heavy atom. The predicted molar refractivity (Wildman–Crippen MR) is 81.7 cm³/mol. The number of methoxy groups -OCH3 is 1. The Morgan fingerprint density at radius 3 is 2.50 bits per heavy atom. The quantitative estimate of drug-likeness (QED) is 0.595. The molecule has 1 aliphatic heterocycles. The minimum Gasteiger partial charge on any atom is -0.497 e. The van der Waals surface area contributed by atoms with Crippen LogP contribution < -0.4 is 14.4 Å². The van der Waals surface area contributed by atoms with Gasteiger partial charge >= 0.3 is 0 Å². The molecule has 2 rings (SSSR count). The third-order valence-electron chi connectivity index (χ3n) is 3.59. The first-order valence-corrected chi connectivity index (χ1v) is 7.72. The van der Waals surface area contributed by atoms with Crippen LogP contribution >= 0.6 is 0 Å². The molecule has 0 saturated carbocycles. The minimum absolute atomic E-state index is 0.344. The summed E-state index contributed by atoms with van der Waals surface area (Å²) in [4.78, 5) is 1.37. The highest BCUT2D eigenvalue weighted by Gasteiger charge is 2.18. The molecule has 0 bridgehead atoms. The van der Waals surface area contributed by atoms with Gasteiger partial charge < -0.3 is 29.0 Å². The van der Waals surface area contributed by atoms with Gasteiger partial charge in [0.25, 0.3) is 0 Å². The molecule has 1 atom stereocenters. The van der Waals surface area contributed by atoms with E-state index in [1.807, 2.05) is 24.3 Å². The fourth-order valence-electron chi connectivity index (χ4n) is 2.37. The van der Waals surface area contributed by atoms with Gasteiger partial charge in [0.2, 0.25) is 0 Å². The number of nitrogens with one attached hydrogen (secondary N) is 1. The minimum atomic E-state index is -0.436. The standard InChI is InChI=1S/C16H25NO5/c1-19-15-2-4-16(5-3-15)22-11-10-21-13-14(18)12-17-6-8-20-9-7-17/h2-5,14,18H,6-13H2,1H3/p+1/t14-/m0/s1. The molecule has 0 aromatic heterocycles. The van der Waals surface area contributed by atoms with Gasteiger partial charge in [0.05, 0.1) is 33.5 Å². The average molecular weight is 312 g/mol. The molecule has 0 radical (unpaired) electrons. The van der Waals surface area contributed by atoms with Crippen LogP contribution in [-0.2, 0) is 9.47 Å². The summed E-state index contributed by atoms with van der Waals surface area (Å²) in [5, 5.41) is 9.93. The lowest BCUT2D eigenvalue weighted by molar-refractivity contribution is -0.911. The number of hydrogen-bond donors (Lipinski definition) is 2. The summed E-state index contributed by atoms with van der Waals surface area (Å²) in [6.07, 6.45) is -0.436. The first kappa shape index (κ1) is 17.0. The number of aliphatic hydroxyl groups is 1. The SMILES string of the molecule is COc1ccc(OCCOC[C@@H](O)C[NH+]2CCOCC2)cc1. The topological polar surface area (TPSA) is 61.6 Å². The van der Waals surface area contributed by atoms with Crippen LogP contribution in [0.15, 0.2) is 24.3 Å². The summed E-state index contributed by atoms with van der Waals surface area (Å²) in [5.74, 6) is 1.58. The predicted octanol–water partition coefficient (Wildman–Crippen LogP) is -0.633. The van der Waals surface area contributed by atoms with Crippen LogP contribution in [0.2, 0.25) is 0 Å². The zero-order valence-electron chi connectivity index (χ0n) is 13.1. The monoisotopic (exact) mass is 312 g/mol. The van der Waals surface area contributed by atoms with Crippen LogP contribution in [0.5, 0.6) is 11.5 Å². The Labute approximate surface area is 131 Å². The third-order valence-corrected chi connectivity index (χ3v) is 3.59. The number of benzene rings is 1. The van der Waals surface area contributed by atoms with Crippen LogP contribution in [0.25, 0.3) is 0 Å². The van der Waals surface area contributed by atoms with Gasteiger partial charge in [-0.1, -0.05) is 0 Å². The summed E-state index contributed by atoms with van der Waals surface area (Å²) >= 11 is 0. The van der Waals surface area contributed by atoms with Crippen molar-refractivity contribution in [3.8, 4) is 11.5 Å². The van der Waals surface area contributed by atoms with Crippen molar-refractivity contribution in [1.29, 1.82) is 0 Å². The second kappa shape index (κ2) is 9.63. The molecule has 124 valence electrons. The molecule has 0 spiro atoms. The van der Waals surface area contributed by atoms with Gasteiger partial charge in [0, 0.05) is 0 Å². The van der Waals surface area contributed by atoms with Crippen LogP contribution in [0.1, 0.15) is 0 Å². The Balaban J connectivity index is 1.52. The van der Waals surface area contributed by atoms with Crippen molar-refractivity contribution >= 4 is 0 Å². The molecule has 0 amide bonds. The molecule has 2 N–H and O–H groups in total. The molecule has 1 saturated heterocycles. The Hall–Kier alpha value is -1.34. The molecular weight excluding hydrogens is 286 g/mol. The van der Waals surface area contributed by atoms with Crippen molar-refractivity contribution in [1.82, 2.24) is 0 Å². The van der Waals surface area contributed by atoms with E-state index in [0.717, 1.165) is 37.8 Å². The van der Waals surface area contributed by atoms with Crippen molar-refractivity contribution < 1.29 is 29.0 Å². The lowest BCUT2D eigenvalue weighted by Gasteiger charge is -2.25. The number of quaternary nitrogens is 1. The summed E-state index contributed by atoms with van der Waals surface area (Å²) in [7, 11) is 1.63. The normalized spacial score (nSPS) is 17.2. The van der Waals surface area contributed by atoms with Crippen LogP contribution in [0, 0.1) is 0 Å². The van der Waals surface area contributed by atoms with E-state index in [9.17, 15) is 5.11 Å². The van der Waals surface area contributed by atoms with Crippen LogP contribution in [-0.4, -0.2) is 71.0 Å². The molecule has 22 heavy (non-hydrogen) atoms. The van der Waals surface area contributed by atoms with Gasteiger partial charge in [-0.2, -0.15) is 0 Å². The van der Waals surface area contributed by atoms with Gasteiger partial charge in [-0.05, 0) is 24.3 Å². The average Bonchev–Trinajstić information content (AvgIpc) is 2.56. The smallest absolute Gasteiger partial charge is 0.126 e. The van der Waals surface area contributed by atoms with Crippen molar-refractivity contribution in [2.24, 2.45) is 0 Å². The highest BCUT2D eigenvalue weighted by atomic mass is 16.5. The van der Waals surface area contributed by atoms with Gasteiger partial charge in [0.15, 0.2) is 0 Å². The van der Waals surface area contributed by atoms with Crippen molar-refractivity contribution in [3.63, 3.8) is 0 Å². The van der Waals surface area contributed by atoms with E-state index in [4.69, 9.17) is 18.9 Å². The largest absolute Gasteiger partial charge is 0.497 e. The molecule has 1 heterocycles. The van der Waals surface area contributed by atoms with Crippen molar-refractivity contribution in [2.75, 3.05) is 59.8 Å². The first-order valence-electron chi connectivity index (χ1n) is 7.72. The molecule has 1 fully saturated rings. The fourth-order valence-corrected chi connectivity index (χ4v) is 2.37. The number of hydrogen-bond acceptors (Lipinski definition) is 5. The summed E-state index contributed by atoms with van der Waals surface area (Å²) < 4.78 is 21.4. The molecular formula is C16H26NO5+. The van der Waals surface area contributed by atoms with Gasteiger partial charge in [-0.3, -0.25) is 0 Å². The second-order valence-electron chi connectivity index (χ2n) is 5.32. The number of aliphatic hydroxyl groups excluding tert-OH is 1. The molecule has 1 aliphatic rings. The molecule has 0 unspecified atom stereocenters. The van der Waals surface area contributed by atoms with E-state index in [2.05, 4.69) is 0 Å². The Bertz CT molecular complexity index is 406. The van der Waals surface area contributed by atoms with E-state index >= 15 is 0 Å². The summed E-state index contributed by atoms with van der Waals surface area (Å²) in [6, 6.07) is 7.42. The van der Waals surface area contributed by atoms with Crippen molar-refractivity contribution in [2.45, 2.75) is 6.10 Å². The summed E-state index contributed by atoms with van der Waals surface area (Å²) in [6.45, 7) is 5.44. The lowest BCUT2D eigenvalue weighted by atomic mass is 10.3. The van der Waals surface area contributed by atoms with E-state index in [1.54, 1.807) is 7.11 Å². The maximum Gasteiger partial charge on any atom is 0.126 e. The molecule has 1 aromatic carbocycles. The summed E-state index contributed by atoms with van der Waals surface area (Å²) in [5.41, 5.74) is 0. The number of ether oxygens (including phenoxy) is 4. The first-order chi connectivity index (χ1) is 10.8. The zero-order valence-corrected chi connectivity index (χ0v) is 13.1. The van der Waals surface area contributed by atoms with Gasteiger partial charge in [-0.15, -0.1) is 0 Å². The lowest BCUT2D eigenvalue weighted by Crippen LogP contribution is -3.15. The molecule has 1 aromatic rings. The van der Waals surface area contributed by atoms with E-state index < -0.39 is 6.10 Å². The number of rotatable bonds is 9. The van der Waals surface area contributed by atoms with E-state index in [-0.39, 0.29) is 0 Å². The zero-order chi connectivity index (χ0) is 15.6. The Kier molecular flexibility index (Phi) is 7.45. The molecule has 6 nitrogen and oxygen atoms in total. The highest BCUT2D eigenvalue weighted by Crippen LogP contribution is 2.16. The van der Waals surface area contributed by atoms with Crippen LogP contribution in [0.4, 0.5) is 0 Å². The second-order valence-corrected chi connectivity index (χ2v) is 5.32. The van der Waals surface area contributed by atoms with E-state index in [1.165, 1.54) is 4.90 Å². The molecule has 6 heteroatoms. The van der Waals surface area contributed by atoms with E-state index in [0.29, 0.717) is 26.4 Å². The van der Waals surface area contributed by atoms with Crippen molar-refractivity contribution in [3.05, 3.63) is 24.3 Å². The number of morpholine rings is 1. The maximum absolute atomic E-state index is 9.93. The van der Waals surface area contributed by atoms with Gasteiger partial charge in [-0.25, -0.2) is 0 Å². The fraction of sp³-hybridized carbons (Fsp3) is 0.625. The maximum atomic E-state index is 9.93.